The van der Waals surface area contributed by atoms with Gasteiger partial charge in [0.2, 0.25) is 0 Å². The summed E-state index contributed by atoms with van der Waals surface area (Å²) in [5, 5.41) is 11.0. The highest BCUT2D eigenvalue weighted by Crippen LogP contribution is 1.97. The van der Waals surface area contributed by atoms with Gasteiger partial charge >= 0.3 is 12.1 Å². The van der Waals surface area contributed by atoms with Crippen molar-refractivity contribution >= 4 is 12.1 Å². The van der Waals surface area contributed by atoms with Gasteiger partial charge in [-0.25, -0.2) is 9.59 Å². The first-order valence-electron chi connectivity index (χ1n) is 5.49. The largest absolute Gasteiger partial charge is 0.477 e. The first-order valence-corrected chi connectivity index (χ1v) is 5.49. The van der Waals surface area contributed by atoms with Crippen molar-refractivity contribution < 1.29 is 19.4 Å². The first kappa shape index (κ1) is 14.5. The van der Waals surface area contributed by atoms with Gasteiger partial charge in [0.15, 0.2) is 0 Å². The number of carbonyl (C=O) groups is 2. The Kier molecular flexibility index (Phi) is 7.93. The van der Waals surface area contributed by atoms with E-state index in [2.05, 4.69) is 5.32 Å². The summed E-state index contributed by atoms with van der Waals surface area (Å²) >= 11 is 0. The number of hydrogen-bond acceptors (Lipinski definition) is 3. The molecule has 92 valence electrons. The number of hydrogen-bond donors (Lipinski definition) is 2. The molecule has 0 bridgehead atoms. The summed E-state index contributed by atoms with van der Waals surface area (Å²) in [4.78, 5) is 21.9. The quantitative estimate of drug-likeness (QED) is 0.518. The zero-order valence-corrected chi connectivity index (χ0v) is 9.78. The predicted molar refractivity (Wildman–Crippen MR) is 60.0 cm³/mol. The number of carboxylic acids is 1. The third-order valence-corrected chi connectivity index (χ3v) is 1.84. The highest BCUT2D eigenvalue weighted by Gasteiger charge is 2.11. The molecule has 0 aliphatic carbocycles. The summed E-state index contributed by atoms with van der Waals surface area (Å²) in [5.41, 5.74) is -0.122. The van der Waals surface area contributed by atoms with Gasteiger partial charge in [-0.05, 0) is 12.8 Å². The van der Waals surface area contributed by atoms with Gasteiger partial charge in [-0.15, -0.1) is 0 Å². The van der Waals surface area contributed by atoms with Crippen LogP contribution in [0.5, 0.6) is 0 Å². The molecule has 5 heteroatoms. The Hall–Kier alpha value is -1.52. The molecule has 0 aromatic rings. The normalized spacial score (nSPS) is 11.0. The molecule has 0 saturated carbocycles. The van der Waals surface area contributed by atoms with Crippen LogP contribution in [0.25, 0.3) is 0 Å². The third kappa shape index (κ3) is 6.86. The molecule has 0 spiro atoms. The molecule has 2 N–H and O–H groups in total. The second-order valence-electron chi connectivity index (χ2n) is 3.33. The maximum atomic E-state index is 11.2. The number of unbranched alkanes of at least 4 members (excludes halogenated alkanes) is 2. The maximum absolute atomic E-state index is 11.2. The van der Waals surface area contributed by atoms with E-state index >= 15 is 0 Å². The molecule has 1 amide bonds. The van der Waals surface area contributed by atoms with Crippen molar-refractivity contribution in [3.05, 3.63) is 11.8 Å². The van der Waals surface area contributed by atoms with Crippen LogP contribution in [-0.4, -0.2) is 23.8 Å². The molecule has 0 radical (unpaired) electrons. The number of allylic oxidation sites excluding steroid dienone is 1. The highest BCUT2D eigenvalue weighted by molar-refractivity contribution is 5.90. The van der Waals surface area contributed by atoms with E-state index in [1.54, 1.807) is 0 Å². The minimum atomic E-state index is -1.15. The number of amides is 1. The number of alkyl carbamates (subject to hydrolysis) is 1. The van der Waals surface area contributed by atoms with Crippen LogP contribution >= 0.6 is 0 Å². The van der Waals surface area contributed by atoms with Crippen LogP contribution < -0.4 is 5.32 Å². The van der Waals surface area contributed by atoms with E-state index in [9.17, 15) is 9.59 Å². The summed E-state index contributed by atoms with van der Waals surface area (Å²) in [6.07, 6.45) is 3.89. The number of aliphatic carboxylic acids is 1. The van der Waals surface area contributed by atoms with Crippen molar-refractivity contribution in [3.8, 4) is 0 Å². The van der Waals surface area contributed by atoms with Crippen molar-refractivity contribution in [2.45, 2.75) is 39.5 Å². The first-order chi connectivity index (χ1) is 7.61. The fourth-order valence-corrected chi connectivity index (χ4v) is 0.936. The Balaban J connectivity index is 4.09. The number of nitrogens with one attached hydrogen (secondary N) is 1. The van der Waals surface area contributed by atoms with Crippen molar-refractivity contribution in [1.29, 1.82) is 0 Å². The standard InChI is InChI=1S/C11H19NO4/c1-3-5-7-9(10(13)14)12-11(15)16-8-6-4-2/h7H,3-6,8H2,1-2H3,(H,12,15)(H,13,14). The van der Waals surface area contributed by atoms with Gasteiger partial charge in [-0.2, -0.15) is 0 Å². The molecular weight excluding hydrogens is 210 g/mol. The van der Waals surface area contributed by atoms with Gasteiger partial charge in [0.05, 0.1) is 6.61 Å². The highest BCUT2D eigenvalue weighted by atomic mass is 16.5. The lowest BCUT2D eigenvalue weighted by atomic mass is 10.3. The van der Waals surface area contributed by atoms with Gasteiger partial charge in [-0.3, -0.25) is 5.32 Å². The molecule has 0 aliphatic heterocycles. The monoisotopic (exact) mass is 229 g/mol. The van der Waals surface area contributed by atoms with Crippen molar-refractivity contribution in [2.24, 2.45) is 0 Å². The smallest absolute Gasteiger partial charge is 0.411 e. The molecule has 0 unspecified atom stereocenters. The molecule has 0 heterocycles. The molecular formula is C11H19NO4. The van der Waals surface area contributed by atoms with Crippen molar-refractivity contribution in [2.75, 3.05) is 6.61 Å². The summed E-state index contributed by atoms with van der Waals surface area (Å²) in [6.45, 7) is 4.21. The number of ether oxygens (including phenoxy) is 1. The Morgan fingerprint density at radius 1 is 1.31 bits per heavy atom. The molecule has 0 aliphatic rings. The molecule has 0 rings (SSSR count). The Bertz CT molecular complexity index is 261. The van der Waals surface area contributed by atoms with Crippen LogP contribution in [0.2, 0.25) is 0 Å². The minimum absolute atomic E-state index is 0.122. The van der Waals surface area contributed by atoms with E-state index in [1.807, 2.05) is 13.8 Å². The SMILES string of the molecule is CCCC=C(NC(=O)OCCCC)C(=O)O. The summed E-state index contributed by atoms with van der Waals surface area (Å²) in [5.74, 6) is -1.15. The molecule has 0 atom stereocenters. The lowest BCUT2D eigenvalue weighted by Gasteiger charge is -2.06. The Morgan fingerprint density at radius 3 is 2.50 bits per heavy atom. The molecule has 0 fully saturated rings. The second kappa shape index (κ2) is 8.76. The van der Waals surface area contributed by atoms with E-state index in [4.69, 9.17) is 9.84 Å². The van der Waals surface area contributed by atoms with Crippen molar-refractivity contribution in [1.82, 2.24) is 5.32 Å². The second-order valence-corrected chi connectivity index (χ2v) is 3.33. The van der Waals surface area contributed by atoms with Gasteiger partial charge < -0.3 is 9.84 Å². The minimum Gasteiger partial charge on any atom is -0.477 e. The van der Waals surface area contributed by atoms with Gasteiger partial charge in [0.25, 0.3) is 0 Å². The van der Waals surface area contributed by atoms with Gasteiger partial charge in [0.1, 0.15) is 5.70 Å². The van der Waals surface area contributed by atoms with Crippen LogP contribution in [0, 0.1) is 0 Å². The molecule has 16 heavy (non-hydrogen) atoms. The average molecular weight is 229 g/mol. The van der Waals surface area contributed by atoms with E-state index < -0.39 is 12.1 Å². The zero-order valence-electron chi connectivity index (χ0n) is 9.78. The maximum Gasteiger partial charge on any atom is 0.411 e. The number of carbonyl (C=O) groups excluding carboxylic acids is 1. The van der Waals surface area contributed by atoms with Crippen LogP contribution in [0.3, 0.4) is 0 Å². The van der Waals surface area contributed by atoms with Gasteiger partial charge in [0, 0.05) is 0 Å². The third-order valence-electron chi connectivity index (χ3n) is 1.84. The lowest BCUT2D eigenvalue weighted by Crippen LogP contribution is -2.28. The topological polar surface area (TPSA) is 75.6 Å². The fraction of sp³-hybridized carbons (Fsp3) is 0.636. The van der Waals surface area contributed by atoms with Crippen LogP contribution in [0.15, 0.2) is 11.8 Å². The lowest BCUT2D eigenvalue weighted by molar-refractivity contribution is -0.133. The van der Waals surface area contributed by atoms with E-state index in [1.165, 1.54) is 6.08 Å². The van der Waals surface area contributed by atoms with E-state index in [-0.39, 0.29) is 5.70 Å². The van der Waals surface area contributed by atoms with Crippen LogP contribution in [0.1, 0.15) is 39.5 Å². The fourth-order valence-electron chi connectivity index (χ4n) is 0.936. The Labute approximate surface area is 95.5 Å². The van der Waals surface area contributed by atoms with E-state index in [0.29, 0.717) is 13.0 Å². The van der Waals surface area contributed by atoms with Gasteiger partial charge in [-0.1, -0.05) is 32.8 Å². The Morgan fingerprint density at radius 2 is 2.00 bits per heavy atom. The number of rotatable bonds is 7. The molecule has 0 aromatic heterocycles. The summed E-state index contributed by atoms with van der Waals surface area (Å²) in [7, 11) is 0. The van der Waals surface area contributed by atoms with Crippen molar-refractivity contribution in [3.63, 3.8) is 0 Å². The average Bonchev–Trinajstić information content (AvgIpc) is 2.24. The van der Waals surface area contributed by atoms with E-state index in [0.717, 1.165) is 19.3 Å². The van der Waals surface area contributed by atoms with Crippen LogP contribution in [-0.2, 0) is 9.53 Å². The summed E-state index contributed by atoms with van der Waals surface area (Å²) in [6, 6.07) is 0. The molecule has 0 aromatic carbocycles. The number of carboxylic acid groups (broad SMARTS) is 1. The zero-order chi connectivity index (χ0) is 12.4. The molecule has 0 saturated heterocycles. The van der Waals surface area contributed by atoms with Crippen LogP contribution in [0.4, 0.5) is 4.79 Å². The summed E-state index contributed by atoms with van der Waals surface area (Å²) < 4.78 is 4.79. The molecule has 5 nitrogen and oxygen atoms in total. The predicted octanol–water partition coefficient (Wildman–Crippen LogP) is 2.28.